The molecule has 0 saturated carbocycles. The quantitative estimate of drug-likeness (QED) is 0.655. The summed E-state index contributed by atoms with van der Waals surface area (Å²) >= 11 is 0. The van der Waals surface area contributed by atoms with Crippen molar-refractivity contribution in [2.45, 2.75) is 13.8 Å². The molecule has 2 N–H and O–H groups in total. The molecule has 1 amide bonds. The summed E-state index contributed by atoms with van der Waals surface area (Å²) in [4.78, 5) is 10.7. The van der Waals surface area contributed by atoms with E-state index in [0.717, 1.165) is 10.9 Å². The summed E-state index contributed by atoms with van der Waals surface area (Å²) in [7, 11) is 0.484. The molecule has 0 radical (unpaired) electrons. The molecule has 0 aromatic carbocycles. The number of carbonyl (C=O) groups excluding carboxylic acids is 1. The number of amides is 1. The fraction of sp³-hybridized carbons (Fsp3) is 0.286. The highest BCUT2D eigenvalue weighted by Gasteiger charge is 2.06. The van der Waals surface area contributed by atoms with Crippen LogP contribution in [0.3, 0.4) is 0 Å². The Hall–Kier alpha value is -0.750. The van der Waals surface area contributed by atoms with Crippen molar-refractivity contribution in [3.8, 4) is 0 Å². The Morgan fingerprint density at radius 3 is 2.40 bits per heavy atom. The van der Waals surface area contributed by atoms with Crippen molar-refractivity contribution in [1.29, 1.82) is 0 Å². The van der Waals surface area contributed by atoms with Crippen LogP contribution in [0.2, 0.25) is 0 Å². The first kappa shape index (κ1) is 7.36. The van der Waals surface area contributed by atoms with Crippen LogP contribution in [0.15, 0.2) is 5.80 Å². The molecule has 0 aliphatic heterocycles. The minimum absolute atomic E-state index is 0.274. The number of primary amides is 1. The second-order valence-electron chi connectivity index (χ2n) is 2.34. The van der Waals surface area contributed by atoms with Crippen molar-refractivity contribution >= 4 is 14.1 Å². The van der Waals surface area contributed by atoms with Crippen molar-refractivity contribution in [2.75, 3.05) is 0 Å². The van der Waals surface area contributed by atoms with Crippen molar-refractivity contribution in [3.05, 3.63) is 22.2 Å². The molecule has 0 aliphatic carbocycles. The summed E-state index contributed by atoms with van der Waals surface area (Å²) in [5, 5.41) is 0.789. The van der Waals surface area contributed by atoms with E-state index in [-0.39, 0.29) is 5.91 Å². The van der Waals surface area contributed by atoms with Gasteiger partial charge in [-0.2, -0.15) is 0 Å². The van der Waals surface area contributed by atoms with Crippen LogP contribution < -0.4 is 5.73 Å². The van der Waals surface area contributed by atoms with Gasteiger partial charge >= 0.3 is 0 Å². The number of carbonyl (C=O) groups is 1. The molecule has 0 aliphatic rings. The standard InChI is InChI=1S/C7H10NOP/c1-4-3-10-6(5(4)2)7(8)9/h3,10H,1-2H3,(H2,8,9). The topological polar surface area (TPSA) is 43.1 Å². The molecular formula is C7H10NOP. The molecule has 2 nitrogen and oxygen atoms in total. The van der Waals surface area contributed by atoms with Crippen molar-refractivity contribution < 1.29 is 4.79 Å². The lowest BCUT2D eigenvalue weighted by atomic mass is 10.2. The van der Waals surface area contributed by atoms with E-state index in [1.165, 1.54) is 5.56 Å². The Morgan fingerprint density at radius 2 is 2.20 bits per heavy atom. The molecule has 1 aromatic heterocycles. The molecule has 10 heavy (non-hydrogen) atoms. The molecule has 1 unspecified atom stereocenters. The average Bonchev–Trinajstić information content (AvgIpc) is 2.14. The van der Waals surface area contributed by atoms with E-state index in [2.05, 4.69) is 5.80 Å². The fourth-order valence-electron chi connectivity index (χ4n) is 0.850. The Bertz CT molecular complexity index is 265. The van der Waals surface area contributed by atoms with Gasteiger partial charge in [-0.1, -0.05) is 0 Å². The highest BCUT2D eigenvalue weighted by atomic mass is 31.0. The second kappa shape index (κ2) is 2.47. The normalized spacial score (nSPS) is 10.6. The van der Waals surface area contributed by atoms with Gasteiger partial charge in [-0.3, -0.25) is 4.79 Å². The van der Waals surface area contributed by atoms with Crippen LogP contribution in [-0.4, -0.2) is 5.91 Å². The number of rotatable bonds is 1. The largest absolute Gasteiger partial charge is 0.365 e. The first-order valence-corrected chi connectivity index (χ1v) is 4.15. The van der Waals surface area contributed by atoms with Crippen LogP contribution in [0.4, 0.5) is 0 Å². The maximum Gasteiger partial charge on any atom is 0.252 e. The third-order valence-electron chi connectivity index (χ3n) is 1.65. The lowest BCUT2D eigenvalue weighted by molar-refractivity contribution is 0.100. The zero-order chi connectivity index (χ0) is 7.72. The Balaban J connectivity index is 3.17. The monoisotopic (exact) mass is 155 g/mol. The highest BCUT2D eigenvalue weighted by molar-refractivity contribution is 7.32. The van der Waals surface area contributed by atoms with E-state index >= 15 is 0 Å². The zero-order valence-electron chi connectivity index (χ0n) is 6.06. The summed E-state index contributed by atoms with van der Waals surface area (Å²) in [6.45, 7) is 3.93. The van der Waals surface area contributed by atoms with Gasteiger partial charge in [0.1, 0.15) is 0 Å². The third kappa shape index (κ3) is 1.07. The van der Waals surface area contributed by atoms with Gasteiger partial charge in [0.2, 0.25) is 0 Å². The van der Waals surface area contributed by atoms with Crippen LogP contribution >= 0.6 is 8.19 Å². The fourth-order valence-corrected chi connectivity index (χ4v) is 1.98. The van der Waals surface area contributed by atoms with Gasteiger partial charge in [-0.25, -0.2) is 0 Å². The summed E-state index contributed by atoms with van der Waals surface area (Å²) < 4.78 is 0. The number of hydrogen-bond donors (Lipinski definition) is 1. The maximum absolute atomic E-state index is 10.7. The van der Waals surface area contributed by atoms with E-state index in [1.54, 1.807) is 0 Å². The van der Waals surface area contributed by atoms with Gasteiger partial charge in [0.25, 0.3) is 5.91 Å². The van der Waals surface area contributed by atoms with Gasteiger partial charge in [0.15, 0.2) is 0 Å². The number of hydrogen-bond acceptors (Lipinski definition) is 1. The van der Waals surface area contributed by atoms with Crippen LogP contribution in [0.5, 0.6) is 0 Å². The molecular weight excluding hydrogens is 145 g/mol. The van der Waals surface area contributed by atoms with E-state index in [9.17, 15) is 4.79 Å². The van der Waals surface area contributed by atoms with Crippen molar-refractivity contribution in [1.82, 2.24) is 0 Å². The molecule has 1 atom stereocenters. The van der Waals surface area contributed by atoms with Crippen LogP contribution in [0.1, 0.15) is 21.2 Å². The van der Waals surface area contributed by atoms with E-state index < -0.39 is 0 Å². The van der Waals surface area contributed by atoms with Gasteiger partial charge in [-0.05, 0) is 30.8 Å². The van der Waals surface area contributed by atoms with Gasteiger partial charge < -0.3 is 5.73 Å². The molecule has 1 heterocycles. The molecule has 0 fully saturated rings. The molecule has 3 heteroatoms. The lowest BCUT2D eigenvalue weighted by Crippen LogP contribution is -2.09. The van der Waals surface area contributed by atoms with E-state index in [1.807, 2.05) is 13.8 Å². The first-order valence-electron chi connectivity index (χ1n) is 3.07. The number of nitrogens with two attached hydrogens (primary N) is 1. The smallest absolute Gasteiger partial charge is 0.252 e. The predicted octanol–water partition coefficient (Wildman–Crippen LogP) is 1.43. The minimum atomic E-state index is -0.274. The van der Waals surface area contributed by atoms with Crippen LogP contribution in [0, 0.1) is 13.8 Å². The lowest BCUT2D eigenvalue weighted by Gasteiger charge is -1.92. The molecule has 0 bridgehead atoms. The number of aryl methyl sites for hydroxylation is 1. The highest BCUT2D eigenvalue weighted by Crippen LogP contribution is 2.24. The summed E-state index contributed by atoms with van der Waals surface area (Å²) in [5.41, 5.74) is 7.38. The third-order valence-corrected chi connectivity index (χ3v) is 3.13. The van der Waals surface area contributed by atoms with Gasteiger partial charge in [0.05, 0.1) is 5.30 Å². The molecule has 0 spiro atoms. The first-order chi connectivity index (χ1) is 4.63. The van der Waals surface area contributed by atoms with Crippen LogP contribution in [0.25, 0.3) is 0 Å². The van der Waals surface area contributed by atoms with E-state index in [4.69, 9.17) is 5.73 Å². The summed E-state index contributed by atoms with van der Waals surface area (Å²) in [6.07, 6.45) is 0. The molecule has 0 saturated heterocycles. The van der Waals surface area contributed by atoms with Gasteiger partial charge in [-0.15, -0.1) is 8.19 Å². The van der Waals surface area contributed by atoms with E-state index in [0.29, 0.717) is 8.19 Å². The molecule has 1 rings (SSSR count). The summed E-state index contributed by atoms with van der Waals surface area (Å²) in [6, 6.07) is 0. The molecule has 1 aromatic rings. The Morgan fingerprint density at radius 1 is 1.60 bits per heavy atom. The predicted molar refractivity (Wildman–Crippen MR) is 43.9 cm³/mol. The maximum atomic E-state index is 10.7. The summed E-state index contributed by atoms with van der Waals surface area (Å²) in [5.74, 6) is 1.78. The SMILES string of the molecule is Cc1c[pH]c(C(N)=O)c1C. The van der Waals surface area contributed by atoms with Gasteiger partial charge in [0, 0.05) is 0 Å². The second-order valence-corrected chi connectivity index (χ2v) is 3.41. The zero-order valence-corrected chi connectivity index (χ0v) is 7.06. The molecule has 54 valence electrons. The van der Waals surface area contributed by atoms with Crippen molar-refractivity contribution in [2.24, 2.45) is 5.73 Å². The average molecular weight is 155 g/mol. The minimum Gasteiger partial charge on any atom is -0.365 e. The van der Waals surface area contributed by atoms with Crippen LogP contribution in [-0.2, 0) is 0 Å². The Labute approximate surface area is 61.5 Å². The Kier molecular flexibility index (Phi) is 1.82. The van der Waals surface area contributed by atoms with Crippen molar-refractivity contribution in [3.63, 3.8) is 0 Å².